The van der Waals surface area contributed by atoms with Gasteiger partial charge in [-0.2, -0.15) is 0 Å². The highest BCUT2D eigenvalue weighted by Crippen LogP contribution is 2.29. The van der Waals surface area contributed by atoms with Crippen LogP contribution < -0.4 is 0 Å². The molecular weight excluding hydrogens is 280 g/mol. The SMILES string of the molecule is CC(O)c1ccc(SCCS(C)(=O)=O)c(Cl)c1. The molecule has 0 aliphatic carbocycles. The molecule has 1 rings (SSSR count). The first kappa shape index (κ1) is 14.8. The number of thioether (sulfide) groups is 1. The van der Waals surface area contributed by atoms with Crippen LogP contribution >= 0.6 is 23.4 Å². The van der Waals surface area contributed by atoms with Gasteiger partial charge in [0, 0.05) is 16.9 Å². The smallest absolute Gasteiger partial charge is 0.148 e. The summed E-state index contributed by atoms with van der Waals surface area (Å²) >= 11 is 7.44. The number of aliphatic hydroxyl groups is 1. The van der Waals surface area contributed by atoms with Crippen LogP contribution in [0.3, 0.4) is 0 Å². The largest absolute Gasteiger partial charge is 0.389 e. The fourth-order valence-corrected chi connectivity index (χ4v) is 3.67. The number of sulfone groups is 1. The van der Waals surface area contributed by atoms with Crippen LogP contribution in [0.2, 0.25) is 5.02 Å². The summed E-state index contributed by atoms with van der Waals surface area (Å²) in [5.74, 6) is 0.610. The van der Waals surface area contributed by atoms with E-state index in [1.165, 1.54) is 18.0 Å². The number of benzene rings is 1. The van der Waals surface area contributed by atoms with Gasteiger partial charge in [-0.15, -0.1) is 11.8 Å². The fraction of sp³-hybridized carbons (Fsp3) is 0.455. The van der Waals surface area contributed by atoms with Crippen molar-refractivity contribution < 1.29 is 13.5 Å². The molecule has 1 aromatic carbocycles. The van der Waals surface area contributed by atoms with Gasteiger partial charge in [-0.25, -0.2) is 8.42 Å². The zero-order valence-electron chi connectivity index (χ0n) is 9.68. The standard InChI is InChI=1S/C11H15ClO3S2/c1-8(13)9-3-4-11(10(12)7-9)16-5-6-17(2,14)15/h3-4,7-8,13H,5-6H2,1-2H3. The third-order valence-electron chi connectivity index (χ3n) is 2.15. The molecule has 1 aromatic rings. The van der Waals surface area contributed by atoms with Crippen molar-refractivity contribution in [2.45, 2.75) is 17.9 Å². The molecule has 1 atom stereocenters. The number of halogens is 1. The van der Waals surface area contributed by atoms with E-state index < -0.39 is 15.9 Å². The van der Waals surface area contributed by atoms with E-state index in [1.807, 2.05) is 0 Å². The van der Waals surface area contributed by atoms with Gasteiger partial charge in [0.05, 0.1) is 16.9 Å². The third-order valence-corrected chi connectivity index (χ3v) is 4.85. The van der Waals surface area contributed by atoms with Gasteiger partial charge in [0.15, 0.2) is 0 Å². The lowest BCUT2D eigenvalue weighted by Gasteiger charge is -2.08. The van der Waals surface area contributed by atoms with Crippen molar-refractivity contribution in [1.82, 2.24) is 0 Å². The summed E-state index contributed by atoms with van der Waals surface area (Å²) in [5.41, 5.74) is 0.752. The minimum atomic E-state index is -2.93. The van der Waals surface area contributed by atoms with E-state index in [1.54, 1.807) is 25.1 Å². The molecule has 0 bridgehead atoms. The van der Waals surface area contributed by atoms with E-state index in [4.69, 9.17) is 11.6 Å². The summed E-state index contributed by atoms with van der Waals surface area (Å²) in [7, 11) is -2.93. The maximum absolute atomic E-state index is 11.0. The molecule has 0 radical (unpaired) electrons. The summed E-state index contributed by atoms with van der Waals surface area (Å²) in [5, 5.41) is 9.92. The van der Waals surface area contributed by atoms with Crippen LogP contribution in [0, 0.1) is 0 Å². The summed E-state index contributed by atoms with van der Waals surface area (Å²) in [6.07, 6.45) is 0.661. The molecule has 0 amide bonds. The van der Waals surface area contributed by atoms with Crippen LogP contribution in [0.5, 0.6) is 0 Å². The van der Waals surface area contributed by atoms with Crippen molar-refractivity contribution in [1.29, 1.82) is 0 Å². The van der Waals surface area contributed by atoms with Crippen molar-refractivity contribution in [2.24, 2.45) is 0 Å². The molecule has 1 unspecified atom stereocenters. The Morgan fingerprint density at radius 1 is 1.47 bits per heavy atom. The zero-order valence-corrected chi connectivity index (χ0v) is 12.1. The molecule has 6 heteroatoms. The van der Waals surface area contributed by atoms with Gasteiger partial charge in [-0.1, -0.05) is 17.7 Å². The number of hydrogen-bond acceptors (Lipinski definition) is 4. The molecule has 0 spiro atoms. The topological polar surface area (TPSA) is 54.4 Å². The van der Waals surface area contributed by atoms with E-state index >= 15 is 0 Å². The van der Waals surface area contributed by atoms with Gasteiger partial charge in [0.25, 0.3) is 0 Å². The quantitative estimate of drug-likeness (QED) is 0.848. The molecule has 0 saturated carbocycles. The summed E-state index contributed by atoms with van der Waals surface area (Å²) < 4.78 is 21.9. The molecule has 1 N–H and O–H groups in total. The first-order valence-electron chi connectivity index (χ1n) is 5.07. The maximum atomic E-state index is 11.0. The average molecular weight is 295 g/mol. The lowest BCUT2D eigenvalue weighted by molar-refractivity contribution is 0.199. The lowest BCUT2D eigenvalue weighted by atomic mass is 10.1. The fourth-order valence-electron chi connectivity index (χ4n) is 1.20. The second-order valence-corrected chi connectivity index (χ2v) is 7.65. The summed E-state index contributed by atoms with van der Waals surface area (Å²) in [6, 6.07) is 5.30. The molecule has 0 aliphatic rings. The lowest BCUT2D eigenvalue weighted by Crippen LogP contribution is -2.04. The first-order valence-corrected chi connectivity index (χ1v) is 8.50. The predicted octanol–water partition coefficient (Wildman–Crippen LogP) is 2.53. The first-order chi connectivity index (χ1) is 7.79. The Morgan fingerprint density at radius 3 is 2.59 bits per heavy atom. The molecule has 0 aliphatic heterocycles. The maximum Gasteiger partial charge on any atom is 0.148 e. The highest BCUT2D eigenvalue weighted by atomic mass is 35.5. The number of rotatable bonds is 5. The van der Waals surface area contributed by atoms with Crippen LogP contribution in [0.1, 0.15) is 18.6 Å². The van der Waals surface area contributed by atoms with Crippen LogP contribution in [-0.2, 0) is 9.84 Å². The second-order valence-electron chi connectivity index (χ2n) is 3.84. The molecule has 0 heterocycles. The Balaban J connectivity index is 2.67. The summed E-state index contributed by atoms with van der Waals surface area (Å²) in [4.78, 5) is 0.833. The Morgan fingerprint density at radius 2 is 2.12 bits per heavy atom. The van der Waals surface area contributed by atoms with E-state index in [0.29, 0.717) is 10.8 Å². The van der Waals surface area contributed by atoms with E-state index in [0.717, 1.165) is 10.5 Å². The minimum absolute atomic E-state index is 0.131. The van der Waals surface area contributed by atoms with Crippen molar-refractivity contribution in [2.75, 3.05) is 17.8 Å². The van der Waals surface area contributed by atoms with Gasteiger partial charge in [-0.3, -0.25) is 0 Å². The van der Waals surface area contributed by atoms with Crippen molar-refractivity contribution >= 4 is 33.2 Å². The Labute approximate surface area is 111 Å². The van der Waals surface area contributed by atoms with Gasteiger partial charge in [-0.05, 0) is 24.6 Å². The molecule has 0 fully saturated rings. The van der Waals surface area contributed by atoms with Crippen molar-refractivity contribution in [3.8, 4) is 0 Å². The molecular formula is C11H15ClO3S2. The molecule has 17 heavy (non-hydrogen) atoms. The Kier molecular flexibility index (Phi) is 5.31. The zero-order chi connectivity index (χ0) is 13.1. The second kappa shape index (κ2) is 6.09. The number of aliphatic hydroxyl groups excluding tert-OH is 1. The van der Waals surface area contributed by atoms with Crippen molar-refractivity contribution in [3.63, 3.8) is 0 Å². The molecule has 0 saturated heterocycles. The molecule has 0 aromatic heterocycles. The van der Waals surface area contributed by atoms with Gasteiger partial charge < -0.3 is 5.11 Å². The monoisotopic (exact) mass is 294 g/mol. The normalized spacial score (nSPS) is 13.6. The number of hydrogen-bond donors (Lipinski definition) is 1. The Bertz CT molecular complexity index is 483. The van der Waals surface area contributed by atoms with Gasteiger partial charge in [0.2, 0.25) is 0 Å². The predicted molar refractivity (Wildman–Crippen MR) is 72.5 cm³/mol. The van der Waals surface area contributed by atoms with Crippen LogP contribution in [0.15, 0.2) is 23.1 Å². The van der Waals surface area contributed by atoms with Crippen LogP contribution in [0.25, 0.3) is 0 Å². The highest BCUT2D eigenvalue weighted by molar-refractivity contribution is 8.00. The molecule has 3 nitrogen and oxygen atoms in total. The third kappa shape index (κ3) is 5.29. The van der Waals surface area contributed by atoms with Gasteiger partial charge >= 0.3 is 0 Å². The van der Waals surface area contributed by atoms with E-state index in [2.05, 4.69) is 0 Å². The van der Waals surface area contributed by atoms with E-state index in [9.17, 15) is 13.5 Å². The Hall–Kier alpha value is -0.230. The average Bonchev–Trinajstić information content (AvgIpc) is 2.18. The summed E-state index contributed by atoms with van der Waals surface area (Å²) in [6.45, 7) is 1.67. The highest BCUT2D eigenvalue weighted by Gasteiger charge is 2.08. The van der Waals surface area contributed by atoms with Crippen molar-refractivity contribution in [3.05, 3.63) is 28.8 Å². The van der Waals surface area contributed by atoms with Crippen LogP contribution in [0.4, 0.5) is 0 Å². The minimum Gasteiger partial charge on any atom is -0.389 e. The van der Waals surface area contributed by atoms with E-state index in [-0.39, 0.29) is 5.75 Å². The van der Waals surface area contributed by atoms with Crippen LogP contribution in [-0.4, -0.2) is 31.3 Å². The molecule has 96 valence electrons. The van der Waals surface area contributed by atoms with Gasteiger partial charge in [0.1, 0.15) is 9.84 Å².